The summed E-state index contributed by atoms with van der Waals surface area (Å²) < 4.78 is 14.9. The van der Waals surface area contributed by atoms with Crippen LogP contribution < -0.4 is 5.32 Å². The smallest absolute Gasteiger partial charge is 0.129 e. The van der Waals surface area contributed by atoms with Crippen LogP contribution in [0.5, 0.6) is 0 Å². The molecule has 1 aromatic rings. The molecule has 1 atom stereocenters. The normalized spacial score (nSPS) is 17.8. The van der Waals surface area contributed by atoms with Crippen molar-refractivity contribution in [1.82, 2.24) is 10.2 Å². The number of nitrogens with zero attached hydrogens (tertiary/aromatic N) is 1. The zero-order valence-corrected chi connectivity index (χ0v) is 13.6. The number of hydrogen-bond acceptors (Lipinski definition) is 2. The maximum Gasteiger partial charge on any atom is 0.129 e. The highest BCUT2D eigenvalue weighted by atomic mass is 79.9. The first kappa shape index (κ1) is 16.9. The highest BCUT2D eigenvalue weighted by Gasteiger charge is 2.23. The van der Waals surface area contributed by atoms with Gasteiger partial charge in [0.1, 0.15) is 5.82 Å². The van der Waals surface area contributed by atoms with E-state index >= 15 is 0 Å². The number of hydrogen-bond donors (Lipinski definition) is 1. The van der Waals surface area contributed by atoms with Crippen molar-refractivity contribution in [2.45, 2.75) is 25.8 Å². The third kappa shape index (κ3) is 4.42. The first-order valence-electron chi connectivity index (χ1n) is 6.62. The molecule has 0 radical (unpaired) electrons. The van der Waals surface area contributed by atoms with E-state index in [4.69, 9.17) is 0 Å². The SMILES string of the molecule is CCC[C@H](c1ccc(Br)cc1F)N1CCNCC1.Cl. The zero-order chi connectivity index (χ0) is 13.0. The summed E-state index contributed by atoms with van der Waals surface area (Å²) in [6, 6.07) is 5.64. The van der Waals surface area contributed by atoms with Crippen LogP contribution in [0.3, 0.4) is 0 Å². The van der Waals surface area contributed by atoms with Gasteiger partial charge >= 0.3 is 0 Å². The second-order valence-corrected chi connectivity index (χ2v) is 5.67. The number of benzene rings is 1. The lowest BCUT2D eigenvalue weighted by Gasteiger charge is -2.35. The van der Waals surface area contributed by atoms with Crippen molar-refractivity contribution >= 4 is 28.3 Å². The summed E-state index contributed by atoms with van der Waals surface area (Å²) in [7, 11) is 0. The summed E-state index contributed by atoms with van der Waals surface area (Å²) in [5, 5.41) is 3.34. The standard InChI is InChI=1S/C14H20BrFN2.ClH/c1-2-3-14(18-8-6-17-7-9-18)12-5-4-11(15)10-13(12)16;/h4-5,10,14,17H,2-3,6-9H2,1H3;1H/t14-;/m1./s1. The van der Waals surface area contributed by atoms with E-state index in [0.717, 1.165) is 49.1 Å². The van der Waals surface area contributed by atoms with Gasteiger partial charge in [-0.15, -0.1) is 12.4 Å². The second kappa shape index (κ2) is 8.20. The molecule has 2 rings (SSSR count). The first-order valence-corrected chi connectivity index (χ1v) is 7.41. The summed E-state index contributed by atoms with van der Waals surface area (Å²) in [5.74, 6) is -0.0960. The van der Waals surface area contributed by atoms with Crippen molar-refractivity contribution in [3.63, 3.8) is 0 Å². The minimum absolute atomic E-state index is 0. The van der Waals surface area contributed by atoms with Gasteiger partial charge in [-0.05, 0) is 18.6 Å². The van der Waals surface area contributed by atoms with Gasteiger partial charge in [0, 0.05) is 42.3 Å². The van der Waals surface area contributed by atoms with Crippen LogP contribution in [0.1, 0.15) is 31.4 Å². The number of piperazine rings is 1. The maximum absolute atomic E-state index is 14.1. The summed E-state index contributed by atoms with van der Waals surface area (Å²) >= 11 is 3.32. The van der Waals surface area contributed by atoms with Gasteiger partial charge in [0.2, 0.25) is 0 Å². The molecule has 0 bridgehead atoms. The van der Waals surface area contributed by atoms with Crippen molar-refractivity contribution in [3.8, 4) is 0 Å². The predicted octanol–water partition coefficient (Wildman–Crippen LogP) is 3.76. The largest absolute Gasteiger partial charge is 0.314 e. The van der Waals surface area contributed by atoms with Crippen molar-refractivity contribution in [2.24, 2.45) is 0 Å². The topological polar surface area (TPSA) is 15.3 Å². The Morgan fingerprint density at radius 2 is 2.05 bits per heavy atom. The van der Waals surface area contributed by atoms with E-state index in [-0.39, 0.29) is 24.3 Å². The Morgan fingerprint density at radius 3 is 2.63 bits per heavy atom. The predicted molar refractivity (Wildman–Crippen MR) is 83.4 cm³/mol. The lowest BCUT2D eigenvalue weighted by Crippen LogP contribution is -2.45. The van der Waals surface area contributed by atoms with E-state index in [1.165, 1.54) is 0 Å². The van der Waals surface area contributed by atoms with Crippen molar-refractivity contribution in [2.75, 3.05) is 26.2 Å². The van der Waals surface area contributed by atoms with Crippen LogP contribution in [-0.4, -0.2) is 31.1 Å². The van der Waals surface area contributed by atoms with E-state index in [1.54, 1.807) is 6.07 Å². The molecule has 19 heavy (non-hydrogen) atoms. The molecule has 1 heterocycles. The lowest BCUT2D eigenvalue weighted by molar-refractivity contribution is 0.161. The average molecular weight is 352 g/mol. The number of halogens is 3. The minimum Gasteiger partial charge on any atom is -0.314 e. The van der Waals surface area contributed by atoms with Gasteiger partial charge in [-0.25, -0.2) is 4.39 Å². The fourth-order valence-corrected chi connectivity index (χ4v) is 2.91. The molecule has 1 aliphatic heterocycles. The fourth-order valence-electron chi connectivity index (χ4n) is 2.57. The summed E-state index contributed by atoms with van der Waals surface area (Å²) in [6.45, 7) is 6.16. The molecular weight excluding hydrogens is 331 g/mol. The van der Waals surface area contributed by atoms with E-state index < -0.39 is 0 Å². The molecule has 1 aliphatic rings. The Labute approximate surface area is 129 Å². The fraction of sp³-hybridized carbons (Fsp3) is 0.571. The van der Waals surface area contributed by atoms with Gasteiger partial charge in [-0.1, -0.05) is 35.3 Å². The Morgan fingerprint density at radius 1 is 1.37 bits per heavy atom. The van der Waals surface area contributed by atoms with Crippen molar-refractivity contribution < 1.29 is 4.39 Å². The molecule has 1 N–H and O–H groups in total. The molecule has 0 unspecified atom stereocenters. The zero-order valence-electron chi connectivity index (χ0n) is 11.2. The van der Waals surface area contributed by atoms with E-state index in [9.17, 15) is 4.39 Å². The van der Waals surface area contributed by atoms with Crippen LogP contribution in [0.15, 0.2) is 22.7 Å². The van der Waals surface area contributed by atoms with Crippen LogP contribution in [-0.2, 0) is 0 Å². The van der Waals surface area contributed by atoms with Gasteiger partial charge in [-0.3, -0.25) is 4.90 Å². The van der Waals surface area contributed by atoms with Gasteiger partial charge in [0.25, 0.3) is 0 Å². The molecule has 1 fully saturated rings. The molecular formula is C14H21BrClFN2. The second-order valence-electron chi connectivity index (χ2n) is 4.76. The molecule has 0 aliphatic carbocycles. The molecule has 0 amide bonds. The Bertz CT molecular complexity index is 397. The summed E-state index contributed by atoms with van der Waals surface area (Å²) in [4.78, 5) is 2.40. The van der Waals surface area contributed by atoms with Crippen LogP contribution in [0.25, 0.3) is 0 Å². The molecule has 0 aromatic heterocycles. The monoisotopic (exact) mass is 350 g/mol. The molecule has 1 aromatic carbocycles. The van der Waals surface area contributed by atoms with E-state index in [2.05, 4.69) is 33.1 Å². The Hall–Kier alpha value is -0.160. The minimum atomic E-state index is -0.0960. The third-order valence-corrected chi connectivity index (χ3v) is 3.97. The number of rotatable bonds is 4. The van der Waals surface area contributed by atoms with Gasteiger partial charge in [0.05, 0.1) is 0 Å². The molecule has 0 spiro atoms. The highest BCUT2D eigenvalue weighted by molar-refractivity contribution is 9.10. The van der Waals surface area contributed by atoms with Crippen LogP contribution in [0.4, 0.5) is 4.39 Å². The summed E-state index contributed by atoms with van der Waals surface area (Å²) in [5.41, 5.74) is 0.835. The Balaban J connectivity index is 0.00000180. The molecule has 5 heteroatoms. The Kier molecular flexibility index (Phi) is 7.29. The van der Waals surface area contributed by atoms with Crippen LogP contribution in [0.2, 0.25) is 0 Å². The van der Waals surface area contributed by atoms with Gasteiger partial charge in [-0.2, -0.15) is 0 Å². The molecule has 0 saturated carbocycles. The third-order valence-electron chi connectivity index (χ3n) is 3.48. The maximum atomic E-state index is 14.1. The lowest BCUT2D eigenvalue weighted by atomic mass is 9.99. The van der Waals surface area contributed by atoms with Crippen molar-refractivity contribution in [1.29, 1.82) is 0 Å². The van der Waals surface area contributed by atoms with Crippen LogP contribution >= 0.6 is 28.3 Å². The molecule has 2 nitrogen and oxygen atoms in total. The highest BCUT2D eigenvalue weighted by Crippen LogP contribution is 2.29. The molecule has 1 saturated heterocycles. The van der Waals surface area contributed by atoms with Gasteiger partial charge in [0.15, 0.2) is 0 Å². The van der Waals surface area contributed by atoms with Gasteiger partial charge < -0.3 is 5.32 Å². The molecule has 108 valence electrons. The summed E-state index contributed by atoms with van der Waals surface area (Å²) in [6.07, 6.45) is 2.09. The van der Waals surface area contributed by atoms with E-state index in [0.29, 0.717) is 0 Å². The van der Waals surface area contributed by atoms with E-state index in [1.807, 2.05) is 12.1 Å². The average Bonchev–Trinajstić information content (AvgIpc) is 2.38. The quantitative estimate of drug-likeness (QED) is 0.888. The number of nitrogens with one attached hydrogen (secondary N) is 1. The van der Waals surface area contributed by atoms with Crippen molar-refractivity contribution in [3.05, 3.63) is 34.1 Å². The first-order chi connectivity index (χ1) is 8.72. The van der Waals surface area contributed by atoms with Crippen LogP contribution in [0, 0.1) is 5.82 Å².